The first kappa shape index (κ1) is 24.6. The first-order chi connectivity index (χ1) is 12.0. The van der Waals surface area contributed by atoms with Gasteiger partial charge in [-0.15, -0.1) is 24.0 Å². The van der Waals surface area contributed by atoms with Crippen LogP contribution in [0.5, 0.6) is 5.75 Å². The number of alkyl halides is 2. The number of carbonyl (C=O) groups excluding carboxylic acids is 1. The van der Waals surface area contributed by atoms with Gasteiger partial charge in [0.2, 0.25) is 0 Å². The summed E-state index contributed by atoms with van der Waals surface area (Å²) in [6, 6.07) is 4.41. The Kier molecular flexibility index (Phi) is 13.1. The van der Waals surface area contributed by atoms with Gasteiger partial charge in [-0.2, -0.15) is 8.78 Å². The zero-order valence-corrected chi connectivity index (χ0v) is 17.6. The van der Waals surface area contributed by atoms with Gasteiger partial charge in [-0.05, 0) is 31.5 Å². The van der Waals surface area contributed by atoms with Crippen molar-refractivity contribution < 1.29 is 23.0 Å². The fourth-order valence-corrected chi connectivity index (χ4v) is 2.16. The molecule has 0 amide bonds. The Labute approximate surface area is 173 Å². The van der Waals surface area contributed by atoms with Crippen molar-refractivity contribution in [1.82, 2.24) is 10.6 Å². The summed E-state index contributed by atoms with van der Waals surface area (Å²) < 4.78 is 34.2. The second-order valence-electron chi connectivity index (χ2n) is 4.89. The molecule has 0 aliphatic carbocycles. The molecule has 0 radical (unpaired) electrons. The standard InChI is InChI=1S/C16H22ClF2N3O3.HI/c1-3-24-14(23)5-4-8-21-16(20-2)22-10-11-9-12(17)6-7-13(11)25-15(18)19;/h6-7,9,15H,3-5,8,10H2,1-2H3,(H2,20,21,22);1H. The van der Waals surface area contributed by atoms with Crippen molar-refractivity contribution in [2.24, 2.45) is 4.99 Å². The van der Waals surface area contributed by atoms with Crippen molar-refractivity contribution in [1.29, 1.82) is 0 Å². The van der Waals surface area contributed by atoms with E-state index in [1.54, 1.807) is 20.0 Å². The Morgan fingerprint density at radius 1 is 1.35 bits per heavy atom. The predicted octanol–water partition coefficient (Wildman–Crippen LogP) is 3.57. The van der Waals surface area contributed by atoms with Gasteiger partial charge in [-0.1, -0.05) is 11.6 Å². The highest BCUT2D eigenvalue weighted by molar-refractivity contribution is 14.0. The molecule has 26 heavy (non-hydrogen) atoms. The molecule has 0 heterocycles. The highest BCUT2D eigenvalue weighted by atomic mass is 127. The molecule has 0 bridgehead atoms. The molecule has 10 heteroatoms. The third-order valence-corrected chi connectivity index (χ3v) is 3.30. The number of rotatable bonds is 9. The lowest BCUT2D eigenvalue weighted by Crippen LogP contribution is -2.37. The maximum atomic E-state index is 12.4. The molecule has 1 aromatic carbocycles. The van der Waals surface area contributed by atoms with Gasteiger partial charge >= 0.3 is 12.6 Å². The van der Waals surface area contributed by atoms with Gasteiger partial charge < -0.3 is 20.1 Å². The number of aliphatic imine (C=N–C) groups is 1. The Balaban J connectivity index is 0.00000625. The molecule has 6 nitrogen and oxygen atoms in total. The van der Waals surface area contributed by atoms with Gasteiger partial charge in [-0.25, -0.2) is 0 Å². The number of hydrogen-bond acceptors (Lipinski definition) is 4. The van der Waals surface area contributed by atoms with Gasteiger partial charge in [-0.3, -0.25) is 9.79 Å². The van der Waals surface area contributed by atoms with Crippen LogP contribution in [0.1, 0.15) is 25.3 Å². The number of guanidine groups is 1. The molecule has 0 unspecified atom stereocenters. The lowest BCUT2D eigenvalue weighted by atomic mass is 10.2. The fourth-order valence-electron chi connectivity index (χ4n) is 1.97. The first-order valence-electron chi connectivity index (χ1n) is 7.79. The third-order valence-electron chi connectivity index (χ3n) is 3.06. The van der Waals surface area contributed by atoms with Gasteiger partial charge in [0.1, 0.15) is 5.75 Å². The summed E-state index contributed by atoms with van der Waals surface area (Å²) in [4.78, 5) is 15.3. The number of benzene rings is 1. The lowest BCUT2D eigenvalue weighted by molar-refractivity contribution is -0.143. The minimum absolute atomic E-state index is 0. The van der Waals surface area contributed by atoms with E-state index in [9.17, 15) is 13.6 Å². The molecular weight excluding hydrogens is 483 g/mol. The summed E-state index contributed by atoms with van der Waals surface area (Å²) in [5.41, 5.74) is 0.474. The largest absolute Gasteiger partial charge is 0.466 e. The summed E-state index contributed by atoms with van der Waals surface area (Å²) in [5, 5.41) is 6.41. The summed E-state index contributed by atoms with van der Waals surface area (Å²) in [6.45, 7) is -0.100. The van der Waals surface area contributed by atoms with Crippen molar-refractivity contribution >= 4 is 47.5 Å². The van der Waals surface area contributed by atoms with Crippen molar-refractivity contribution in [3.05, 3.63) is 28.8 Å². The fraction of sp³-hybridized carbons (Fsp3) is 0.500. The van der Waals surface area contributed by atoms with Crippen molar-refractivity contribution in [3.8, 4) is 5.75 Å². The van der Waals surface area contributed by atoms with Crippen LogP contribution >= 0.6 is 35.6 Å². The van der Waals surface area contributed by atoms with E-state index in [1.807, 2.05) is 0 Å². The molecule has 0 aliphatic heterocycles. The van der Waals surface area contributed by atoms with Crippen LogP contribution in [0.4, 0.5) is 8.78 Å². The number of hydrogen-bond donors (Lipinski definition) is 2. The molecule has 0 fully saturated rings. The number of nitrogens with one attached hydrogen (secondary N) is 2. The quantitative estimate of drug-likeness (QED) is 0.177. The van der Waals surface area contributed by atoms with Crippen LogP contribution in [0.25, 0.3) is 0 Å². The van der Waals surface area contributed by atoms with Gasteiger partial charge in [0.25, 0.3) is 0 Å². The maximum absolute atomic E-state index is 12.4. The molecule has 1 rings (SSSR count). The van der Waals surface area contributed by atoms with Crippen LogP contribution in [-0.2, 0) is 16.1 Å². The molecular formula is C16H23ClF2IN3O3. The molecule has 0 aromatic heterocycles. The van der Waals surface area contributed by atoms with Gasteiger partial charge in [0.05, 0.1) is 6.61 Å². The Hall–Kier alpha value is -1.36. The summed E-state index contributed by atoms with van der Waals surface area (Å²) >= 11 is 5.90. The van der Waals surface area contributed by atoms with Gasteiger partial charge in [0.15, 0.2) is 5.96 Å². The second-order valence-corrected chi connectivity index (χ2v) is 5.33. The average molecular weight is 506 g/mol. The Morgan fingerprint density at radius 2 is 2.08 bits per heavy atom. The maximum Gasteiger partial charge on any atom is 0.387 e. The highest BCUT2D eigenvalue weighted by Crippen LogP contribution is 2.24. The topological polar surface area (TPSA) is 72.0 Å². The van der Waals surface area contributed by atoms with Crippen LogP contribution in [0.2, 0.25) is 5.02 Å². The highest BCUT2D eigenvalue weighted by Gasteiger charge is 2.11. The smallest absolute Gasteiger partial charge is 0.387 e. The van der Waals surface area contributed by atoms with Crippen LogP contribution in [-0.4, -0.2) is 38.7 Å². The van der Waals surface area contributed by atoms with E-state index >= 15 is 0 Å². The molecule has 0 saturated carbocycles. The van der Waals surface area contributed by atoms with Crippen LogP contribution < -0.4 is 15.4 Å². The second kappa shape index (κ2) is 13.8. The van der Waals surface area contributed by atoms with E-state index in [-0.39, 0.29) is 42.2 Å². The minimum atomic E-state index is -2.92. The molecule has 148 valence electrons. The summed E-state index contributed by atoms with van der Waals surface area (Å²) in [5.74, 6) is 0.261. The average Bonchev–Trinajstić information content (AvgIpc) is 2.56. The van der Waals surface area contributed by atoms with Crippen molar-refractivity contribution in [2.75, 3.05) is 20.2 Å². The number of ether oxygens (including phenoxy) is 2. The first-order valence-corrected chi connectivity index (χ1v) is 8.17. The summed E-state index contributed by atoms with van der Waals surface area (Å²) in [7, 11) is 1.58. The number of esters is 1. The third kappa shape index (κ3) is 9.95. The molecule has 2 N–H and O–H groups in total. The molecule has 0 atom stereocenters. The summed E-state index contributed by atoms with van der Waals surface area (Å²) in [6.07, 6.45) is 0.884. The monoisotopic (exact) mass is 505 g/mol. The van der Waals surface area contributed by atoms with Crippen LogP contribution in [0.3, 0.4) is 0 Å². The van der Waals surface area contributed by atoms with Crippen molar-refractivity contribution in [2.45, 2.75) is 32.9 Å². The Morgan fingerprint density at radius 3 is 2.69 bits per heavy atom. The normalized spacial score (nSPS) is 10.9. The molecule has 1 aromatic rings. The molecule has 0 aliphatic rings. The van der Waals surface area contributed by atoms with E-state index in [2.05, 4.69) is 20.4 Å². The van der Waals surface area contributed by atoms with E-state index in [0.29, 0.717) is 42.5 Å². The number of carbonyl (C=O) groups is 1. The van der Waals surface area contributed by atoms with E-state index in [4.69, 9.17) is 16.3 Å². The molecule has 0 saturated heterocycles. The van der Waals surface area contributed by atoms with E-state index in [1.165, 1.54) is 12.1 Å². The zero-order valence-electron chi connectivity index (χ0n) is 14.6. The SMILES string of the molecule is CCOC(=O)CCCNC(=NC)NCc1cc(Cl)ccc1OC(F)F.I. The molecule has 0 spiro atoms. The van der Waals surface area contributed by atoms with Crippen LogP contribution in [0.15, 0.2) is 23.2 Å². The number of halogens is 4. The zero-order chi connectivity index (χ0) is 18.7. The lowest BCUT2D eigenvalue weighted by Gasteiger charge is -2.14. The van der Waals surface area contributed by atoms with E-state index in [0.717, 1.165) is 0 Å². The number of nitrogens with zero attached hydrogens (tertiary/aromatic N) is 1. The van der Waals surface area contributed by atoms with Crippen molar-refractivity contribution in [3.63, 3.8) is 0 Å². The minimum Gasteiger partial charge on any atom is -0.466 e. The predicted molar refractivity (Wildman–Crippen MR) is 108 cm³/mol. The van der Waals surface area contributed by atoms with Gasteiger partial charge in [0, 0.05) is 37.1 Å². The van der Waals surface area contributed by atoms with Crippen LogP contribution in [0, 0.1) is 0 Å². The Bertz CT molecular complexity index is 592. The van der Waals surface area contributed by atoms with E-state index < -0.39 is 6.61 Å².